The summed E-state index contributed by atoms with van der Waals surface area (Å²) in [5, 5.41) is 27.9. The van der Waals surface area contributed by atoms with Crippen molar-refractivity contribution in [3.63, 3.8) is 0 Å². The molecule has 0 saturated carbocycles. The van der Waals surface area contributed by atoms with Gasteiger partial charge in [0.05, 0.1) is 16.8 Å². The summed E-state index contributed by atoms with van der Waals surface area (Å²) in [4.78, 5) is 6.03. The van der Waals surface area contributed by atoms with Gasteiger partial charge in [0.2, 0.25) is 0 Å². The third-order valence-electron chi connectivity index (χ3n) is 3.32. The van der Waals surface area contributed by atoms with Crippen LogP contribution >= 0.6 is 0 Å². The van der Waals surface area contributed by atoms with Crippen LogP contribution in [0.3, 0.4) is 0 Å². The Hall–Kier alpha value is 3.33. The Balaban J connectivity index is -0.0000000652. The Kier molecular flexibility index (Phi) is 36.4. The maximum atomic E-state index is 9.45. The predicted octanol–water partition coefficient (Wildman–Crippen LogP) is 1.73. The van der Waals surface area contributed by atoms with E-state index in [2.05, 4.69) is 11.8 Å². The first-order valence-electron chi connectivity index (χ1n) is 9.50. The number of hydrogen-bond donors (Lipinski definition) is 3. The molecule has 0 aromatic rings. The molecule has 0 saturated heterocycles. The second kappa shape index (κ2) is 23.1. The van der Waals surface area contributed by atoms with E-state index >= 15 is 0 Å². The van der Waals surface area contributed by atoms with Crippen molar-refractivity contribution in [2.24, 2.45) is 0 Å². The number of likely N-dealkylation sites (N-methyl/N-ethyl adjacent to an activating group) is 3. The van der Waals surface area contributed by atoms with Crippen molar-refractivity contribution < 1.29 is 122 Å². The van der Waals surface area contributed by atoms with Crippen molar-refractivity contribution >= 4 is 0 Å². The van der Waals surface area contributed by atoms with Gasteiger partial charge in [-0.05, 0) is 82.8 Å². The van der Waals surface area contributed by atoms with Crippen molar-refractivity contribution in [2.75, 3.05) is 61.4 Å². The molecule has 29 heavy (non-hydrogen) atoms. The molecule has 0 aliphatic heterocycles. The average Bonchev–Trinajstić information content (AvgIpc) is 2.33. The minimum absolute atomic E-state index is 0. The third kappa shape index (κ3) is 49.5. The summed E-state index contributed by atoms with van der Waals surface area (Å²) in [7, 11) is 9.81. The molecule has 1 unspecified atom stereocenters. The molecular weight excluding hydrogens is 769 g/mol. The molecule has 0 fully saturated rings. The Bertz CT molecular complexity index is 336. The number of hydrogen-bond acceptors (Lipinski definition) is 6. The van der Waals surface area contributed by atoms with E-state index in [-0.39, 0.29) is 106 Å². The molecule has 0 aromatic carbocycles. The molecule has 0 spiro atoms. The summed E-state index contributed by atoms with van der Waals surface area (Å²) in [6, 6.07) is 0. The Morgan fingerprint density at radius 2 is 0.931 bits per heavy atom. The topological polar surface area (TPSA) is 70.4 Å². The number of rotatable bonds is 8. The van der Waals surface area contributed by atoms with Gasteiger partial charge in [0.25, 0.3) is 0 Å². The predicted molar refractivity (Wildman–Crippen MR) is 114 cm³/mol. The zero-order chi connectivity index (χ0) is 21.8. The van der Waals surface area contributed by atoms with Gasteiger partial charge >= 0.3 is 0 Å². The summed E-state index contributed by atoms with van der Waals surface area (Å²) in [6.45, 7) is 16.3. The molecule has 0 rings (SSSR count). The normalized spacial score (nSPS) is 13.0. The van der Waals surface area contributed by atoms with Crippen LogP contribution in [0.2, 0.25) is 0 Å². The first-order valence-corrected chi connectivity index (χ1v) is 9.50. The van der Waals surface area contributed by atoms with Gasteiger partial charge in [0, 0.05) is 126 Å². The second-order valence-corrected chi connectivity index (χ2v) is 9.28. The van der Waals surface area contributed by atoms with Gasteiger partial charge in [-0.15, -0.1) is 0 Å². The fourth-order valence-electron chi connectivity index (χ4n) is 2.34. The van der Waals surface area contributed by atoms with E-state index in [0.29, 0.717) is 6.54 Å². The van der Waals surface area contributed by atoms with Crippen molar-refractivity contribution in [3.8, 4) is 0 Å². The Morgan fingerprint density at radius 3 is 1.00 bits per heavy atom. The molecule has 0 aromatic heterocycles. The fraction of sp³-hybridized carbons (Fsp3) is 1.00. The smallest absolute Gasteiger partial charge is 0.0743 e. The van der Waals surface area contributed by atoms with Crippen LogP contribution < -0.4 is 0 Å². The molecule has 1 atom stereocenters. The molecule has 3 N–H and O–H groups in total. The number of aliphatic hydroxyl groups is 3. The Labute approximate surface area is 265 Å². The van der Waals surface area contributed by atoms with Crippen molar-refractivity contribution in [1.82, 2.24) is 14.7 Å². The molecular formula is C20H49Lu2N3O3Y. The molecule has 9 heteroatoms. The molecule has 6 nitrogen and oxygen atoms in total. The van der Waals surface area contributed by atoms with Gasteiger partial charge in [-0.1, -0.05) is 13.8 Å². The maximum absolute atomic E-state index is 9.45. The molecule has 0 aliphatic rings. The minimum Gasteiger partial charge on any atom is -0.389 e. The van der Waals surface area contributed by atoms with E-state index < -0.39 is 16.8 Å². The van der Waals surface area contributed by atoms with Gasteiger partial charge in [0.1, 0.15) is 0 Å². The monoisotopic (exact) mass is 818 g/mol. The Morgan fingerprint density at radius 1 is 0.621 bits per heavy atom. The number of nitrogens with zero attached hydrogens (tertiary/aromatic N) is 3. The van der Waals surface area contributed by atoms with Crippen LogP contribution in [0.4, 0.5) is 0 Å². The van der Waals surface area contributed by atoms with Crippen molar-refractivity contribution in [2.45, 2.75) is 71.7 Å². The summed E-state index contributed by atoms with van der Waals surface area (Å²) in [6.07, 6.45) is 0.811. The summed E-state index contributed by atoms with van der Waals surface area (Å²) < 4.78 is 0. The summed E-state index contributed by atoms with van der Waals surface area (Å²) in [5.74, 6) is 0. The largest absolute Gasteiger partial charge is 0.389 e. The maximum Gasteiger partial charge on any atom is 0.0743 e. The first-order chi connectivity index (χ1) is 11.3. The van der Waals surface area contributed by atoms with Gasteiger partial charge in [0.15, 0.2) is 0 Å². The molecule has 0 bridgehead atoms. The minimum atomic E-state index is -0.552. The molecule has 0 aliphatic carbocycles. The van der Waals surface area contributed by atoms with Crippen LogP contribution in [0.1, 0.15) is 54.9 Å². The van der Waals surface area contributed by atoms with E-state index in [0.717, 1.165) is 26.1 Å². The quantitative estimate of drug-likeness (QED) is 0.347. The third-order valence-corrected chi connectivity index (χ3v) is 3.32. The molecule has 0 heterocycles. The van der Waals surface area contributed by atoms with E-state index in [1.54, 1.807) is 13.8 Å². The van der Waals surface area contributed by atoms with Crippen LogP contribution in [-0.4, -0.2) is 108 Å². The summed E-state index contributed by atoms with van der Waals surface area (Å²) in [5.41, 5.74) is -1.61. The van der Waals surface area contributed by atoms with E-state index in [1.807, 2.05) is 72.7 Å². The first kappa shape index (κ1) is 45.8. The fourth-order valence-corrected chi connectivity index (χ4v) is 2.34. The van der Waals surface area contributed by atoms with Crippen LogP contribution in [0.5, 0.6) is 0 Å². The van der Waals surface area contributed by atoms with Gasteiger partial charge < -0.3 is 30.0 Å². The van der Waals surface area contributed by atoms with E-state index in [4.69, 9.17) is 5.11 Å². The van der Waals surface area contributed by atoms with Gasteiger partial charge in [-0.2, -0.15) is 0 Å². The zero-order valence-electron chi connectivity index (χ0n) is 20.8. The second-order valence-electron chi connectivity index (χ2n) is 9.28. The molecule has 0 amide bonds. The van der Waals surface area contributed by atoms with E-state index in [9.17, 15) is 10.2 Å². The average molecular weight is 818 g/mol. The van der Waals surface area contributed by atoms with E-state index in [1.165, 1.54) is 0 Å². The van der Waals surface area contributed by atoms with Crippen molar-refractivity contribution in [3.05, 3.63) is 0 Å². The molecule has 3 radical (unpaired) electrons. The van der Waals surface area contributed by atoms with Crippen molar-refractivity contribution in [1.29, 1.82) is 0 Å². The van der Waals surface area contributed by atoms with Crippen LogP contribution in [0, 0.1) is 73.7 Å². The SMILES string of the molecule is CCC(C)(O)CN(C)C.CCN(C)CC(C)(C)O.CN(C)CC(C)(C)O.[Lu].[Lu].[Y]. The van der Waals surface area contributed by atoms with Crippen LogP contribution in [-0.2, 0) is 32.7 Å². The standard InChI is InChI=1S/2C7H17NO.C6H15NO.2Lu.Y/c1-5-7(2,9)6-8(3)4;1-5-8(4)6-7(2,3)9;1-6(2,8)5-7(3)4;;;/h2*9H,5-6H2,1-4H3;8H,5H2,1-4H3;;;. The zero-order valence-corrected chi connectivity index (χ0v) is 27.0. The van der Waals surface area contributed by atoms with Gasteiger partial charge in [-0.3, -0.25) is 0 Å². The van der Waals surface area contributed by atoms with Gasteiger partial charge in [-0.25, -0.2) is 0 Å². The summed E-state index contributed by atoms with van der Waals surface area (Å²) >= 11 is 0. The molecule has 195 valence electrons. The van der Waals surface area contributed by atoms with Crippen LogP contribution in [0.15, 0.2) is 0 Å². The van der Waals surface area contributed by atoms with Crippen LogP contribution in [0.25, 0.3) is 0 Å².